The Bertz CT molecular complexity index is 566. The van der Waals surface area contributed by atoms with Crippen molar-refractivity contribution in [2.24, 2.45) is 0 Å². The van der Waals surface area contributed by atoms with Crippen molar-refractivity contribution in [3.8, 4) is 0 Å². The minimum Gasteiger partial charge on any atom is -0.462 e. The molecule has 0 aromatic carbocycles. The Labute approximate surface area is 135 Å². The number of fused-ring (bicyclic) bond motifs is 1. The number of amides is 1. The van der Waals surface area contributed by atoms with Crippen LogP contribution in [0, 0.1) is 0 Å². The van der Waals surface area contributed by atoms with E-state index >= 15 is 0 Å². The van der Waals surface area contributed by atoms with Crippen LogP contribution < -0.4 is 10.2 Å². The molecule has 0 radical (unpaired) electrons. The molecule has 1 aromatic heterocycles. The number of anilines is 1. The number of carbonyl (C=O) groups excluding carboxylic acids is 2. The molecule has 2 rings (SSSR count). The Kier molecular flexibility index (Phi) is 5.58. The fourth-order valence-corrected chi connectivity index (χ4v) is 4.02. The van der Waals surface area contributed by atoms with Crippen LogP contribution in [0.3, 0.4) is 0 Å². The van der Waals surface area contributed by atoms with Crippen molar-refractivity contribution in [1.29, 1.82) is 0 Å². The first kappa shape index (κ1) is 17.0. The van der Waals surface area contributed by atoms with E-state index in [1.807, 2.05) is 0 Å². The number of hydrogen-bond acceptors (Lipinski definition) is 4. The summed E-state index contributed by atoms with van der Waals surface area (Å²) in [4.78, 5) is 26.8. The van der Waals surface area contributed by atoms with Gasteiger partial charge in [0.2, 0.25) is 5.91 Å². The van der Waals surface area contributed by atoms with Gasteiger partial charge in [-0.2, -0.15) is 0 Å². The lowest BCUT2D eigenvalue weighted by Gasteiger charge is -2.27. The summed E-state index contributed by atoms with van der Waals surface area (Å²) in [5, 5.41) is 3.52. The average Bonchev–Trinajstić information content (AvgIpc) is 2.83. The molecule has 22 heavy (non-hydrogen) atoms. The summed E-state index contributed by atoms with van der Waals surface area (Å²) in [6, 6.07) is 0.551. The standard InChI is InChI=1S/C16H24N2O3S/c1-5-13(19)17-15-14(16(20)21-6-2)11-7-8-18(10(3)4)9-12(11)22-15/h10H,5-9H2,1-4H3,(H,17,19)/p+1. The van der Waals surface area contributed by atoms with Crippen LogP contribution in [0.15, 0.2) is 0 Å². The third kappa shape index (κ3) is 3.50. The molecule has 0 saturated heterocycles. The van der Waals surface area contributed by atoms with Crippen molar-refractivity contribution >= 4 is 28.2 Å². The molecule has 5 nitrogen and oxygen atoms in total. The highest BCUT2D eigenvalue weighted by Crippen LogP contribution is 2.35. The van der Waals surface area contributed by atoms with E-state index in [4.69, 9.17) is 4.74 Å². The maximum absolute atomic E-state index is 12.3. The number of esters is 1. The Morgan fingerprint density at radius 1 is 1.36 bits per heavy atom. The molecule has 0 fully saturated rings. The van der Waals surface area contributed by atoms with Gasteiger partial charge in [0, 0.05) is 12.8 Å². The van der Waals surface area contributed by atoms with Gasteiger partial charge in [0.25, 0.3) is 0 Å². The monoisotopic (exact) mass is 325 g/mol. The van der Waals surface area contributed by atoms with Gasteiger partial charge in [0.15, 0.2) is 0 Å². The minimum absolute atomic E-state index is 0.0720. The number of carbonyl (C=O) groups is 2. The molecule has 1 aliphatic heterocycles. The van der Waals surface area contributed by atoms with E-state index in [-0.39, 0.29) is 11.9 Å². The topological polar surface area (TPSA) is 59.8 Å². The van der Waals surface area contributed by atoms with Crippen LogP contribution in [0.2, 0.25) is 0 Å². The first-order valence-electron chi connectivity index (χ1n) is 7.93. The molecule has 0 saturated carbocycles. The van der Waals surface area contributed by atoms with E-state index in [0.29, 0.717) is 29.6 Å². The van der Waals surface area contributed by atoms with Gasteiger partial charge in [0.1, 0.15) is 11.5 Å². The second kappa shape index (κ2) is 7.24. The second-order valence-corrected chi connectivity index (χ2v) is 6.93. The van der Waals surface area contributed by atoms with Gasteiger partial charge >= 0.3 is 5.97 Å². The molecular weight excluding hydrogens is 300 g/mol. The first-order valence-corrected chi connectivity index (χ1v) is 8.75. The molecule has 1 unspecified atom stereocenters. The van der Waals surface area contributed by atoms with E-state index in [0.717, 1.165) is 25.1 Å². The number of nitrogens with one attached hydrogen (secondary N) is 2. The Hall–Kier alpha value is -1.40. The molecule has 1 aromatic rings. The smallest absolute Gasteiger partial charge is 0.341 e. The fraction of sp³-hybridized carbons (Fsp3) is 0.625. The van der Waals surface area contributed by atoms with Crippen LogP contribution in [-0.4, -0.2) is 31.1 Å². The minimum atomic E-state index is -0.320. The molecule has 0 aliphatic carbocycles. The normalized spacial score (nSPS) is 17.2. The molecule has 0 bridgehead atoms. The Morgan fingerprint density at radius 2 is 2.09 bits per heavy atom. The van der Waals surface area contributed by atoms with Gasteiger partial charge in [-0.1, -0.05) is 6.92 Å². The third-order valence-corrected chi connectivity index (χ3v) is 5.19. The van der Waals surface area contributed by atoms with Gasteiger partial charge < -0.3 is 15.0 Å². The zero-order chi connectivity index (χ0) is 16.3. The highest BCUT2D eigenvalue weighted by Gasteiger charge is 2.31. The zero-order valence-corrected chi connectivity index (χ0v) is 14.6. The van der Waals surface area contributed by atoms with Crippen molar-refractivity contribution < 1.29 is 19.2 Å². The van der Waals surface area contributed by atoms with Gasteiger partial charge in [-0.05, 0) is 26.3 Å². The van der Waals surface area contributed by atoms with Crippen LogP contribution in [0.1, 0.15) is 54.9 Å². The quantitative estimate of drug-likeness (QED) is 0.809. The SMILES string of the molecule is CCOC(=O)c1c(NC(=O)CC)sc2c1CC[NH+](C(C)C)C2. The van der Waals surface area contributed by atoms with E-state index in [1.165, 1.54) is 21.1 Å². The molecule has 2 heterocycles. The van der Waals surface area contributed by atoms with Gasteiger partial charge in [0.05, 0.1) is 29.6 Å². The van der Waals surface area contributed by atoms with Crippen molar-refractivity contribution in [2.45, 2.75) is 53.1 Å². The van der Waals surface area contributed by atoms with E-state index in [9.17, 15) is 9.59 Å². The number of quaternary nitrogens is 1. The van der Waals surface area contributed by atoms with E-state index < -0.39 is 0 Å². The molecule has 1 atom stereocenters. The second-order valence-electron chi connectivity index (χ2n) is 5.82. The Balaban J connectivity index is 2.37. The molecule has 1 aliphatic rings. The van der Waals surface area contributed by atoms with Crippen molar-refractivity contribution in [3.05, 3.63) is 16.0 Å². The molecule has 2 N–H and O–H groups in total. The summed E-state index contributed by atoms with van der Waals surface area (Å²) in [6.07, 6.45) is 1.25. The summed E-state index contributed by atoms with van der Waals surface area (Å²) in [5.41, 5.74) is 1.64. The highest BCUT2D eigenvalue weighted by atomic mass is 32.1. The predicted molar refractivity (Wildman–Crippen MR) is 87.6 cm³/mol. The lowest BCUT2D eigenvalue weighted by atomic mass is 10.0. The fourth-order valence-electron chi connectivity index (χ4n) is 2.71. The van der Waals surface area contributed by atoms with Gasteiger partial charge in [-0.15, -0.1) is 11.3 Å². The van der Waals surface area contributed by atoms with Crippen LogP contribution in [0.4, 0.5) is 5.00 Å². The van der Waals surface area contributed by atoms with E-state index in [2.05, 4.69) is 19.2 Å². The lowest BCUT2D eigenvalue weighted by molar-refractivity contribution is -0.936. The first-order chi connectivity index (χ1) is 10.5. The number of thiophene rings is 1. The largest absolute Gasteiger partial charge is 0.462 e. The predicted octanol–water partition coefficient (Wildman–Crippen LogP) is 1.62. The van der Waals surface area contributed by atoms with Crippen LogP contribution in [0.25, 0.3) is 0 Å². The zero-order valence-electron chi connectivity index (χ0n) is 13.7. The van der Waals surface area contributed by atoms with Crippen molar-refractivity contribution in [3.63, 3.8) is 0 Å². The molecular formula is C16H25N2O3S+. The van der Waals surface area contributed by atoms with Crippen LogP contribution in [0.5, 0.6) is 0 Å². The Morgan fingerprint density at radius 3 is 2.68 bits per heavy atom. The lowest BCUT2D eigenvalue weighted by Crippen LogP contribution is -3.14. The maximum atomic E-state index is 12.3. The van der Waals surface area contributed by atoms with Gasteiger partial charge in [-0.25, -0.2) is 4.79 Å². The maximum Gasteiger partial charge on any atom is 0.341 e. The molecule has 1 amide bonds. The number of rotatable bonds is 5. The van der Waals surface area contributed by atoms with Crippen LogP contribution >= 0.6 is 11.3 Å². The molecule has 6 heteroatoms. The third-order valence-electron chi connectivity index (χ3n) is 4.04. The van der Waals surface area contributed by atoms with Crippen molar-refractivity contribution in [1.82, 2.24) is 0 Å². The molecule has 0 spiro atoms. The molecule has 122 valence electrons. The summed E-state index contributed by atoms with van der Waals surface area (Å²) in [6.45, 7) is 10.3. The summed E-state index contributed by atoms with van der Waals surface area (Å²) >= 11 is 1.53. The highest BCUT2D eigenvalue weighted by molar-refractivity contribution is 7.17. The summed E-state index contributed by atoms with van der Waals surface area (Å²) < 4.78 is 5.19. The average molecular weight is 325 g/mol. The number of ether oxygens (including phenoxy) is 1. The van der Waals surface area contributed by atoms with Crippen molar-refractivity contribution in [2.75, 3.05) is 18.5 Å². The van der Waals surface area contributed by atoms with Crippen LogP contribution in [-0.2, 0) is 22.5 Å². The summed E-state index contributed by atoms with van der Waals surface area (Å²) in [7, 11) is 0. The van der Waals surface area contributed by atoms with E-state index in [1.54, 1.807) is 13.8 Å². The summed E-state index contributed by atoms with van der Waals surface area (Å²) in [5.74, 6) is -0.392. The number of hydrogen-bond donors (Lipinski definition) is 2. The van der Waals surface area contributed by atoms with Gasteiger partial charge in [-0.3, -0.25) is 4.79 Å².